The number of hydrogen-bond donors (Lipinski definition) is 1. The van der Waals surface area contributed by atoms with Gasteiger partial charge in [0.05, 0.1) is 12.0 Å². The summed E-state index contributed by atoms with van der Waals surface area (Å²) in [6.07, 6.45) is -4.51. The molecule has 0 aliphatic heterocycles. The molecule has 2 N–H and O–H groups in total. The average molecular weight is 341 g/mol. The summed E-state index contributed by atoms with van der Waals surface area (Å²) in [6.45, 7) is -1.52. The highest BCUT2D eigenvalue weighted by Crippen LogP contribution is 2.60. The molecule has 8 heteroatoms. The Kier molecular flexibility index (Phi) is 3.89. The molecule has 1 unspecified atom stereocenters. The van der Waals surface area contributed by atoms with Crippen molar-refractivity contribution in [1.29, 1.82) is 0 Å². The largest absolute Gasteiger partial charge is 0.446 e. The first-order valence-corrected chi connectivity index (χ1v) is 7.91. The summed E-state index contributed by atoms with van der Waals surface area (Å²) in [5.74, 6) is -4.54. The molecule has 0 aromatic heterocycles. The Morgan fingerprint density at radius 3 is 1.83 bits per heavy atom. The molecule has 4 rings (SSSR count). The van der Waals surface area contributed by atoms with Crippen LogP contribution in [0.2, 0.25) is 0 Å². The van der Waals surface area contributed by atoms with E-state index in [0.29, 0.717) is 37.0 Å². The van der Waals surface area contributed by atoms with E-state index in [1.807, 2.05) is 0 Å². The number of carbonyl (C=O) groups is 1. The van der Waals surface area contributed by atoms with Gasteiger partial charge in [0.1, 0.15) is 0 Å². The molecule has 0 amide bonds. The molecular formula is C15H20F5NO2. The Balaban J connectivity index is 1.80. The molecule has 4 bridgehead atoms. The fraction of sp³-hybridized carbons (Fsp3) is 0.933. The predicted octanol–water partition coefficient (Wildman–Crippen LogP) is 3.27. The molecule has 23 heavy (non-hydrogen) atoms. The lowest BCUT2D eigenvalue weighted by molar-refractivity contribution is -0.280. The van der Waals surface area contributed by atoms with E-state index in [0.717, 1.165) is 19.3 Å². The van der Waals surface area contributed by atoms with Crippen LogP contribution in [0.3, 0.4) is 0 Å². The van der Waals surface area contributed by atoms with Gasteiger partial charge in [0.15, 0.2) is 0 Å². The quantitative estimate of drug-likeness (QED) is 0.631. The van der Waals surface area contributed by atoms with Crippen LogP contribution in [0.1, 0.15) is 38.5 Å². The second-order valence-electron chi connectivity index (χ2n) is 7.49. The van der Waals surface area contributed by atoms with Crippen LogP contribution in [0.5, 0.6) is 0 Å². The van der Waals surface area contributed by atoms with Gasteiger partial charge in [0.2, 0.25) is 0 Å². The molecule has 132 valence electrons. The average Bonchev–Trinajstić information content (AvgIpc) is 2.41. The Bertz CT molecular complexity index is 455. The standard InChI is InChI=1S/C15H20F5NO2/c16-14(17,7-21)11(15(18,19)20)23-12(22)13-4-8-1-9(5-13)3-10(2-8)6-13/h8-11H,1-7,21H2. The van der Waals surface area contributed by atoms with Crippen molar-refractivity contribution in [1.82, 2.24) is 0 Å². The summed E-state index contributed by atoms with van der Waals surface area (Å²) in [4.78, 5) is 12.4. The van der Waals surface area contributed by atoms with Crippen molar-refractivity contribution in [3.8, 4) is 0 Å². The first-order chi connectivity index (χ1) is 10.6. The summed E-state index contributed by atoms with van der Waals surface area (Å²) in [5.41, 5.74) is 3.73. The third-order valence-electron chi connectivity index (χ3n) is 5.65. The number of esters is 1. The van der Waals surface area contributed by atoms with Gasteiger partial charge >= 0.3 is 18.1 Å². The highest BCUT2D eigenvalue weighted by atomic mass is 19.4. The topological polar surface area (TPSA) is 52.3 Å². The maximum atomic E-state index is 13.5. The van der Waals surface area contributed by atoms with Crippen molar-refractivity contribution in [2.75, 3.05) is 6.54 Å². The van der Waals surface area contributed by atoms with Crippen molar-refractivity contribution in [3.63, 3.8) is 0 Å². The van der Waals surface area contributed by atoms with Crippen LogP contribution in [0, 0.1) is 23.2 Å². The first kappa shape index (κ1) is 16.9. The summed E-state index contributed by atoms with van der Waals surface area (Å²) in [5, 5.41) is 0. The van der Waals surface area contributed by atoms with Crippen LogP contribution >= 0.6 is 0 Å². The smallest absolute Gasteiger partial charge is 0.431 e. The third kappa shape index (κ3) is 2.94. The van der Waals surface area contributed by atoms with Gasteiger partial charge in [0.25, 0.3) is 6.10 Å². The zero-order valence-corrected chi connectivity index (χ0v) is 12.5. The lowest BCUT2D eigenvalue weighted by Crippen LogP contribution is -2.56. The molecule has 0 radical (unpaired) electrons. The number of ether oxygens (including phenoxy) is 1. The maximum Gasteiger partial charge on any atom is 0.431 e. The zero-order valence-electron chi connectivity index (χ0n) is 12.5. The van der Waals surface area contributed by atoms with Gasteiger partial charge in [-0.1, -0.05) is 0 Å². The van der Waals surface area contributed by atoms with Crippen molar-refractivity contribution in [2.45, 2.75) is 56.7 Å². The molecule has 4 aliphatic rings. The molecule has 0 aromatic carbocycles. The molecule has 3 nitrogen and oxygen atoms in total. The van der Waals surface area contributed by atoms with Gasteiger partial charge in [0, 0.05) is 0 Å². The van der Waals surface area contributed by atoms with Crippen LogP contribution in [0.4, 0.5) is 22.0 Å². The third-order valence-corrected chi connectivity index (χ3v) is 5.65. The van der Waals surface area contributed by atoms with Crippen LogP contribution < -0.4 is 5.73 Å². The van der Waals surface area contributed by atoms with Crippen LogP contribution in [-0.4, -0.2) is 30.7 Å². The number of alkyl halides is 5. The van der Waals surface area contributed by atoms with E-state index in [1.165, 1.54) is 0 Å². The van der Waals surface area contributed by atoms with Gasteiger partial charge in [-0.2, -0.15) is 13.2 Å². The maximum absolute atomic E-state index is 13.5. The number of rotatable bonds is 4. The van der Waals surface area contributed by atoms with Gasteiger partial charge in [-0.3, -0.25) is 4.79 Å². The highest BCUT2D eigenvalue weighted by Gasteiger charge is 2.61. The second-order valence-corrected chi connectivity index (χ2v) is 7.49. The minimum absolute atomic E-state index is 0.299. The molecule has 0 spiro atoms. The summed E-state index contributed by atoms with van der Waals surface area (Å²) >= 11 is 0. The van der Waals surface area contributed by atoms with E-state index in [9.17, 15) is 26.7 Å². The van der Waals surface area contributed by atoms with Crippen LogP contribution in [0.25, 0.3) is 0 Å². The normalized spacial score (nSPS) is 37.7. The van der Waals surface area contributed by atoms with Gasteiger partial charge in [-0.25, -0.2) is 8.78 Å². The first-order valence-electron chi connectivity index (χ1n) is 7.91. The molecule has 4 saturated carbocycles. The lowest BCUT2D eigenvalue weighted by Gasteiger charge is -2.55. The van der Waals surface area contributed by atoms with Gasteiger partial charge in [-0.05, 0) is 56.3 Å². The van der Waals surface area contributed by atoms with Crippen molar-refractivity contribution in [2.24, 2.45) is 28.9 Å². The number of carbonyl (C=O) groups excluding carboxylic acids is 1. The van der Waals surface area contributed by atoms with E-state index in [4.69, 9.17) is 5.73 Å². The van der Waals surface area contributed by atoms with Gasteiger partial charge in [-0.15, -0.1) is 0 Å². The fourth-order valence-corrected chi connectivity index (χ4v) is 5.09. The Hall–Kier alpha value is -0.920. The van der Waals surface area contributed by atoms with Crippen molar-refractivity contribution >= 4 is 5.97 Å². The molecule has 1 atom stereocenters. The summed E-state index contributed by atoms with van der Waals surface area (Å²) in [6, 6.07) is 0. The SMILES string of the molecule is NCC(F)(F)C(OC(=O)C12CC3CC(CC(C3)C1)C2)C(F)(F)F. The predicted molar refractivity (Wildman–Crippen MR) is 70.5 cm³/mol. The minimum Gasteiger partial charge on any atom is -0.446 e. The molecular weight excluding hydrogens is 321 g/mol. The Morgan fingerprint density at radius 2 is 1.48 bits per heavy atom. The summed E-state index contributed by atoms with van der Waals surface area (Å²) < 4.78 is 70.2. The van der Waals surface area contributed by atoms with E-state index in [1.54, 1.807) is 0 Å². The van der Waals surface area contributed by atoms with Crippen molar-refractivity contribution in [3.05, 3.63) is 0 Å². The van der Waals surface area contributed by atoms with Crippen molar-refractivity contribution < 1.29 is 31.5 Å². The van der Waals surface area contributed by atoms with E-state index >= 15 is 0 Å². The van der Waals surface area contributed by atoms with Gasteiger partial charge < -0.3 is 10.5 Å². The van der Waals surface area contributed by atoms with E-state index < -0.39 is 36.1 Å². The van der Waals surface area contributed by atoms with Crippen LogP contribution in [-0.2, 0) is 9.53 Å². The molecule has 4 aliphatic carbocycles. The summed E-state index contributed by atoms with van der Waals surface area (Å²) in [7, 11) is 0. The number of halogens is 5. The highest BCUT2D eigenvalue weighted by molar-refractivity contribution is 5.78. The Labute approximate surface area is 130 Å². The Morgan fingerprint density at radius 1 is 1.04 bits per heavy atom. The monoisotopic (exact) mass is 341 g/mol. The fourth-order valence-electron chi connectivity index (χ4n) is 5.09. The zero-order chi connectivity index (χ0) is 17.0. The molecule has 0 saturated heterocycles. The number of hydrogen-bond acceptors (Lipinski definition) is 3. The van der Waals surface area contributed by atoms with Crippen LogP contribution in [0.15, 0.2) is 0 Å². The minimum atomic E-state index is -5.35. The van der Waals surface area contributed by atoms with E-state index in [2.05, 4.69) is 4.74 Å². The molecule has 4 fully saturated rings. The molecule has 0 heterocycles. The molecule has 0 aromatic rings. The van der Waals surface area contributed by atoms with E-state index in [-0.39, 0.29) is 0 Å². The second kappa shape index (κ2) is 5.29. The lowest BCUT2D eigenvalue weighted by atomic mass is 9.49. The number of nitrogens with two attached hydrogens (primary N) is 1.